The summed E-state index contributed by atoms with van der Waals surface area (Å²) in [4.78, 5) is 0. The second-order valence-corrected chi connectivity index (χ2v) is 10.4. The van der Waals surface area contributed by atoms with E-state index in [1.807, 2.05) is 0 Å². The van der Waals surface area contributed by atoms with E-state index in [9.17, 15) is 0 Å². The first-order valence-electron chi connectivity index (χ1n) is 13.6. The summed E-state index contributed by atoms with van der Waals surface area (Å²) in [6.07, 6.45) is 17.0. The molecule has 6 aromatic rings. The third kappa shape index (κ3) is 3.13. The molecule has 2 aliphatic rings. The van der Waals surface area contributed by atoms with Gasteiger partial charge in [-0.05, 0) is 66.8 Å². The van der Waals surface area contributed by atoms with Gasteiger partial charge in [0.2, 0.25) is 0 Å². The van der Waals surface area contributed by atoms with Gasteiger partial charge >= 0.3 is 0 Å². The van der Waals surface area contributed by atoms with Crippen LogP contribution in [0.4, 0.5) is 0 Å². The Morgan fingerprint density at radius 3 is 2.45 bits per heavy atom. The van der Waals surface area contributed by atoms with Crippen molar-refractivity contribution in [1.29, 1.82) is 0 Å². The summed E-state index contributed by atoms with van der Waals surface area (Å²) in [5, 5.41) is 3.97. The Kier molecular flexibility index (Phi) is 4.81. The molecule has 0 radical (unpaired) electrons. The maximum Gasteiger partial charge on any atom is 0.0557 e. The zero-order valence-corrected chi connectivity index (χ0v) is 21.2. The Hall–Kier alpha value is -4.56. The van der Waals surface area contributed by atoms with Crippen LogP contribution in [-0.4, -0.2) is 9.13 Å². The summed E-state index contributed by atoms with van der Waals surface area (Å²) in [6.45, 7) is 0. The number of para-hydroxylation sites is 2. The summed E-state index contributed by atoms with van der Waals surface area (Å²) < 4.78 is 5.00. The number of hydrogen-bond acceptors (Lipinski definition) is 0. The van der Waals surface area contributed by atoms with Gasteiger partial charge < -0.3 is 9.13 Å². The van der Waals surface area contributed by atoms with Gasteiger partial charge in [0, 0.05) is 38.6 Å². The lowest BCUT2D eigenvalue weighted by Gasteiger charge is -2.21. The van der Waals surface area contributed by atoms with Gasteiger partial charge in [-0.3, -0.25) is 0 Å². The van der Waals surface area contributed by atoms with Crippen LogP contribution >= 0.6 is 0 Å². The van der Waals surface area contributed by atoms with Crippen molar-refractivity contribution < 1.29 is 0 Å². The number of nitrogens with zero attached hydrogens (tertiary/aromatic N) is 2. The highest BCUT2D eigenvalue weighted by molar-refractivity contribution is 6.16. The van der Waals surface area contributed by atoms with E-state index >= 15 is 0 Å². The van der Waals surface area contributed by atoms with E-state index in [1.165, 1.54) is 60.8 Å². The highest BCUT2D eigenvalue weighted by atomic mass is 15.0. The molecule has 0 bridgehead atoms. The zero-order valence-electron chi connectivity index (χ0n) is 21.2. The van der Waals surface area contributed by atoms with E-state index in [0.717, 1.165) is 19.3 Å². The van der Waals surface area contributed by atoms with E-state index in [0.29, 0.717) is 6.04 Å². The largest absolute Gasteiger partial charge is 0.337 e. The van der Waals surface area contributed by atoms with Crippen molar-refractivity contribution in [3.8, 4) is 16.8 Å². The summed E-state index contributed by atoms with van der Waals surface area (Å²) >= 11 is 0. The number of aromatic nitrogens is 2. The molecule has 0 spiro atoms. The van der Waals surface area contributed by atoms with Crippen LogP contribution in [0, 0.1) is 0 Å². The zero-order chi connectivity index (χ0) is 25.1. The molecular weight excluding hydrogens is 460 g/mol. The molecule has 182 valence electrons. The van der Waals surface area contributed by atoms with Crippen LogP contribution in [0.2, 0.25) is 0 Å². The molecule has 4 aromatic carbocycles. The van der Waals surface area contributed by atoms with Gasteiger partial charge in [-0.15, -0.1) is 0 Å². The van der Waals surface area contributed by atoms with Crippen molar-refractivity contribution in [2.45, 2.75) is 25.3 Å². The van der Waals surface area contributed by atoms with Crippen LogP contribution < -0.4 is 0 Å². The topological polar surface area (TPSA) is 9.86 Å². The van der Waals surface area contributed by atoms with Crippen LogP contribution in [0.1, 0.15) is 30.1 Å². The molecule has 0 saturated carbocycles. The highest BCUT2D eigenvalue weighted by Gasteiger charge is 2.23. The smallest absolute Gasteiger partial charge is 0.0557 e. The third-order valence-corrected chi connectivity index (χ3v) is 8.29. The van der Waals surface area contributed by atoms with Crippen LogP contribution in [-0.2, 0) is 6.42 Å². The monoisotopic (exact) mass is 488 g/mol. The van der Waals surface area contributed by atoms with Crippen molar-refractivity contribution in [1.82, 2.24) is 9.13 Å². The molecule has 2 nitrogen and oxygen atoms in total. The van der Waals surface area contributed by atoms with Gasteiger partial charge in [0.25, 0.3) is 0 Å². The molecule has 0 fully saturated rings. The normalized spacial score (nSPS) is 16.6. The van der Waals surface area contributed by atoms with Crippen LogP contribution in [0.25, 0.3) is 55.6 Å². The molecule has 8 rings (SSSR count). The molecule has 0 amide bonds. The standard InChI is InChI=1S/C36H28N2/c1-3-12-26(13-4-1)37-32-19-9-7-16-29(32)31-24-25(22-23-34(31)37)28-18-11-21-35-36(28)30-17-8-10-20-33(30)38(35)27-14-5-2-6-15-27/h1-8,10-12,14-18,20-24,26H,9,13,19H2. The first kappa shape index (κ1) is 21.5. The Bertz CT molecular complexity index is 1940. The minimum absolute atomic E-state index is 0.385. The molecule has 0 saturated heterocycles. The van der Waals surface area contributed by atoms with Crippen molar-refractivity contribution in [2.24, 2.45) is 0 Å². The first-order chi connectivity index (χ1) is 18.9. The number of hydrogen-bond donors (Lipinski definition) is 0. The molecule has 0 aliphatic heterocycles. The van der Waals surface area contributed by atoms with E-state index in [-0.39, 0.29) is 0 Å². The van der Waals surface area contributed by atoms with Crippen molar-refractivity contribution in [2.75, 3.05) is 0 Å². The quantitative estimate of drug-likeness (QED) is 0.235. The number of fused-ring (bicyclic) bond motifs is 6. The average molecular weight is 489 g/mol. The lowest BCUT2D eigenvalue weighted by Crippen LogP contribution is -2.11. The van der Waals surface area contributed by atoms with E-state index in [1.54, 1.807) is 0 Å². The number of benzene rings is 4. The van der Waals surface area contributed by atoms with E-state index < -0.39 is 0 Å². The molecular formula is C36H28N2. The molecule has 2 heteroatoms. The molecule has 0 N–H and O–H groups in total. The van der Waals surface area contributed by atoms with Crippen LogP contribution in [0.15, 0.2) is 121 Å². The van der Waals surface area contributed by atoms with Gasteiger partial charge in [0.15, 0.2) is 0 Å². The molecule has 38 heavy (non-hydrogen) atoms. The minimum atomic E-state index is 0.385. The second kappa shape index (κ2) is 8.49. The lowest BCUT2D eigenvalue weighted by atomic mass is 9.96. The lowest BCUT2D eigenvalue weighted by molar-refractivity contribution is 0.599. The van der Waals surface area contributed by atoms with Gasteiger partial charge in [0.05, 0.1) is 17.1 Å². The average Bonchev–Trinajstić information content (AvgIpc) is 3.51. The summed E-state index contributed by atoms with van der Waals surface area (Å²) in [5.74, 6) is 0. The SMILES string of the molecule is C1=CCC(n2c3c(c4cc(-c5cccc6c5c5ccccc5n6-c5ccccc5)ccc42)C=CCC3)C=C1. The predicted octanol–water partition coefficient (Wildman–Crippen LogP) is 9.42. The van der Waals surface area contributed by atoms with Gasteiger partial charge in [-0.25, -0.2) is 0 Å². The Morgan fingerprint density at radius 1 is 0.684 bits per heavy atom. The predicted molar refractivity (Wildman–Crippen MR) is 161 cm³/mol. The van der Waals surface area contributed by atoms with Gasteiger partial charge in [-0.1, -0.05) is 91.1 Å². The number of allylic oxidation sites excluding steroid dienone is 5. The fourth-order valence-electron chi connectivity index (χ4n) is 6.68. The molecule has 2 heterocycles. The van der Waals surface area contributed by atoms with Gasteiger partial charge in [-0.2, -0.15) is 0 Å². The summed E-state index contributed by atoms with van der Waals surface area (Å²) in [7, 11) is 0. The summed E-state index contributed by atoms with van der Waals surface area (Å²) in [5.41, 5.74) is 10.5. The van der Waals surface area contributed by atoms with E-state index in [4.69, 9.17) is 0 Å². The minimum Gasteiger partial charge on any atom is -0.337 e. The second-order valence-electron chi connectivity index (χ2n) is 10.4. The Morgan fingerprint density at radius 2 is 1.55 bits per heavy atom. The van der Waals surface area contributed by atoms with Gasteiger partial charge in [0.1, 0.15) is 0 Å². The van der Waals surface area contributed by atoms with Crippen molar-refractivity contribution >= 4 is 38.8 Å². The van der Waals surface area contributed by atoms with Crippen molar-refractivity contribution in [3.05, 3.63) is 133 Å². The highest BCUT2D eigenvalue weighted by Crippen LogP contribution is 2.41. The fourth-order valence-corrected chi connectivity index (χ4v) is 6.68. The van der Waals surface area contributed by atoms with Crippen LogP contribution in [0.3, 0.4) is 0 Å². The summed E-state index contributed by atoms with van der Waals surface area (Å²) in [6, 6.07) is 33.8. The fraction of sp³-hybridized carbons (Fsp3) is 0.111. The molecule has 1 unspecified atom stereocenters. The maximum absolute atomic E-state index is 2.60. The Balaban J connectivity index is 1.40. The first-order valence-corrected chi connectivity index (χ1v) is 13.6. The molecule has 2 aromatic heterocycles. The number of rotatable bonds is 3. The van der Waals surface area contributed by atoms with Crippen molar-refractivity contribution in [3.63, 3.8) is 0 Å². The van der Waals surface area contributed by atoms with Crippen LogP contribution in [0.5, 0.6) is 0 Å². The molecule has 1 atom stereocenters. The third-order valence-electron chi connectivity index (χ3n) is 8.29. The maximum atomic E-state index is 2.60. The Labute approximate surface area is 222 Å². The molecule has 2 aliphatic carbocycles. The van der Waals surface area contributed by atoms with E-state index in [2.05, 4.69) is 137 Å².